The highest BCUT2D eigenvalue weighted by atomic mass is 16.5. The molecule has 1 aromatic heterocycles. The van der Waals surface area contributed by atoms with Gasteiger partial charge in [0.1, 0.15) is 5.75 Å². The van der Waals surface area contributed by atoms with Crippen LogP contribution in [0.25, 0.3) is 11.5 Å². The number of piperidine rings is 1. The van der Waals surface area contributed by atoms with Crippen LogP contribution < -0.4 is 10.1 Å². The molecule has 7 nitrogen and oxygen atoms in total. The second kappa shape index (κ2) is 8.11. The summed E-state index contributed by atoms with van der Waals surface area (Å²) in [5, 5.41) is 11.3. The monoisotopic (exact) mass is 344 g/mol. The lowest BCUT2D eigenvalue weighted by molar-refractivity contribution is -0.121. The fraction of sp³-hybridized carbons (Fsp3) is 0.500. The molecule has 0 saturated carbocycles. The van der Waals surface area contributed by atoms with Gasteiger partial charge in [-0.05, 0) is 37.1 Å². The third kappa shape index (κ3) is 4.57. The second-order valence-corrected chi connectivity index (χ2v) is 6.20. The fourth-order valence-electron chi connectivity index (χ4n) is 2.92. The molecule has 1 saturated heterocycles. The van der Waals surface area contributed by atoms with Gasteiger partial charge in [-0.15, -0.1) is 10.2 Å². The predicted octanol–water partition coefficient (Wildman–Crippen LogP) is 2.24. The number of hydrogen-bond acceptors (Lipinski definition) is 6. The van der Waals surface area contributed by atoms with Crippen molar-refractivity contribution in [1.82, 2.24) is 20.4 Å². The summed E-state index contributed by atoms with van der Waals surface area (Å²) in [6, 6.07) is 7.82. The van der Waals surface area contributed by atoms with Gasteiger partial charge in [0.25, 0.3) is 0 Å². The van der Waals surface area contributed by atoms with E-state index in [1.54, 1.807) is 7.11 Å². The summed E-state index contributed by atoms with van der Waals surface area (Å²) in [5.41, 5.74) is 0.875. The molecule has 7 heteroatoms. The molecule has 0 aliphatic carbocycles. The number of carbonyl (C=O) groups excluding carboxylic acids is 1. The van der Waals surface area contributed by atoms with Crippen molar-refractivity contribution >= 4 is 5.91 Å². The van der Waals surface area contributed by atoms with Gasteiger partial charge in [0.15, 0.2) is 0 Å². The van der Waals surface area contributed by atoms with Crippen LogP contribution in [0.3, 0.4) is 0 Å². The maximum absolute atomic E-state index is 11.5. The molecule has 1 fully saturated rings. The number of amides is 1. The predicted molar refractivity (Wildman–Crippen MR) is 93.0 cm³/mol. The van der Waals surface area contributed by atoms with E-state index in [9.17, 15) is 4.79 Å². The highest BCUT2D eigenvalue weighted by molar-refractivity contribution is 5.75. The van der Waals surface area contributed by atoms with Crippen molar-refractivity contribution < 1.29 is 13.9 Å². The van der Waals surface area contributed by atoms with Crippen molar-refractivity contribution in [3.63, 3.8) is 0 Å². The van der Waals surface area contributed by atoms with Crippen molar-refractivity contribution in [1.29, 1.82) is 0 Å². The van der Waals surface area contributed by atoms with E-state index in [0.717, 1.165) is 37.2 Å². The van der Waals surface area contributed by atoms with Crippen LogP contribution in [0.15, 0.2) is 28.7 Å². The minimum Gasteiger partial charge on any atom is -0.497 e. The molecule has 2 aromatic rings. The number of benzene rings is 1. The molecule has 1 aromatic carbocycles. The Hall–Kier alpha value is -2.41. The number of carbonyl (C=O) groups is 1. The molecule has 0 atom stereocenters. The van der Waals surface area contributed by atoms with Gasteiger partial charge in [-0.1, -0.05) is 6.92 Å². The molecule has 0 radical (unpaired) electrons. The summed E-state index contributed by atoms with van der Waals surface area (Å²) in [5.74, 6) is 2.05. The van der Waals surface area contributed by atoms with Crippen LogP contribution >= 0.6 is 0 Å². The smallest absolute Gasteiger partial charge is 0.247 e. The molecule has 1 aliphatic heterocycles. The lowest BCUT2D eigenvalue weighted by Gasteiger charge is -2.31. The SMILES string of the molecule is CCC(=O)NC1CCN(Cc2nnc(-c3ccc(OC)cc3)o2)CC1. The van der Waals surface area contributed by atoms with Crippen molar-refractivity contribution in [2.24, 2.45) is 0 Å². The molecule has 25 heavy (non-hydrogen) atoms. The lowest BCUT2D eigenvalue weighted by Crippen LogP contribution is -2.44. The summed E-state index contributed by atoms with van der Waals surface area (Å²) in [7, 11) is 1.64. The van der Waals surface area contributed by atoms with Crippen molar-refractivity contribution in [2.45, 2.75) is 38.8 Å². The Morgan fingerprint density at radius 3 is 2.64 bits per heavy atom. The normalized spacial score (nSPS) is 15.9. The molecule has 134 valence electrons. The van der Waals surface area contributed by atoms with Gasteiger partial charge in [-0.2, -0.15) is 0 Å². The molecular weight excluding hydrogens is 320 g/mol. The first-order valence-electron chi connectivity index (χ1n) is 8.66. The standard InChI is InChI=1S/C18H24N4O3/c1-3-16(23)19-14-8-10-22(11-9-14)12-17-20-21-18(25-17)13-4-6-15(24-2)7-5-13/h4-7,14H,3,8-12H2,1-2H3,(H,19,23). The topological polar surface area (TPSA) is 80.5 Å². The van der Waals surface area contributed by atoms with E-state index in [1.807, 2.05) is 31.2 Å². The van der Waals surface area contributed by atoms with E-state index in [1.165, 1.54) is 0 Å². The Labute approximate surface area is 147 Å². The van der Waals surface area contributed by atoms with Crippen LogP contribution in [0.4, 0.5) is 0 Å². The number of likely N-dealkylation sites (tertiary alicyclic amines) is 1. The van der Waals surface area contributed by atoms with Crippen molar-refractivity contribution in [2.75, 3.05) is 20.2 Å². The molecule has 0 bridgehead atoms. The molecular formula is C18H24N4O3. The van der Waals surface area contributed by atoms with Crippen LogP contribution in [-0.4, -0.2) is 47.2 Å². The second-order valence-electron chi connectivity index (χ2n) is 6.20. The maximum atomic E-state index is 11.5. The summed E-state index contributed by atoms with van der Waals surface area (Å²) in [6.45, 7) is 4.34. The average molecular weight is 344 g/mol. The van der Waals surface area contributed by atoms with Crippen LogP contribution in [0, 0.1) is 0 Å². The van der Waals surface area contributed by atoms with Crippen LogP contribution in [0.5, 0.6) is 5.75 Å². The van der Waals surface area contributed by atoms with E-state index in [-0.39, 0.29) is 11.9 Å². The van der Waals surface area contributed by atoms with E-state index in [0.29, 0.717) is 24.7 Å². The summed E-state index contributed by atoms with van der Waals surface area (Å²) >= 11 is 0. The number of nitrogens with one attached hydrogen (secondary N) is 1. The summed E-state index contributed by atoms with van der Waals surface area (Å²) in [6.07, 6.45) is 2.44. The molecule has 0 unspecified atom stereocenters. The minimum absolute atomic E-state index is 0.125. The Morgan fingerprint density at radius 1 is 1.28 bits per heavy atom. The number of rotatable bonds is 6. The van der Waals surface area contributed by atoms with Gasteiger partial charge < -0.3 is 14.5 Å². The van der Waals surface area contributed by atoms with Gasteiger partial charge in [0, 0.05) is 31.1 Å². The molecule has 1 amide bonds. The average Bonchev–Trinajstić information content (AvgIpc) is 3.12. The van der Waals surface area contributed by atoms with E-state index in [2.05, 4.69) is 20.4 Å². The minimum atomic E-state index is 0.125. The first-order valence-corrected chi connectivity index (χ1v) is 8.66. The number of nitrogens with zero attached hydrogens (tertiary/aromatic N) is 3. The van der Waals surface area contributed by atoms with Crippen molar-refractivity contribution in [3.05, 3.63) is 30.2 Å². The summed E-state index contributed by atoms with van der Waals surface area (Å²) in [4.78, 5) is 13.7. The van der Waals surface area contributed by atoms with Gasteiger partial charge in [0.2, 0.25) is 17.7 Å². The van der Waals surface area contributed by atoms with Gasteiger partial charge >= 0.3 is 0 Å². The molecule has 3 rings (SSSR count). The first kappa shape index (κ1) is 17.4. The Morgan fingerprint density at radius 2 is 2.00 bits per heavy atom. The Balaban J connectivity index is 1.53. The molecule has 0 spiro atoms. The van der Waals surface area contributed by atoms with Crippen LogP contribution in [0.2, 0.25) is 0 Å². The Bertz CT molecular complexity index is 691. The zero-order chi connectivity index (χ0) is 17.6. The Kier molecular flexibility index (Phi) is 5.65. The number of methoxy groups -OCH3 is 1. The maximum Gasteiger partial charge on any atom is 0.247 e. The number of ether oxygens (including phenoxy) is 1. The zero-order valence-electron chi connectivity index (χ0n) is 14.7. The number of hydrogen-bond donors (Lipinski definition) is 1. The van der Waals surface area contributed by atoms with Crippen LogP contribution in [0.1, 0.15) is 32.1 Å². The third-order valence-corrected chi connectivity index (χ3v) is 4.44. The third-order valence-electron chi connectivity index (χ3n) is 4.44. The lowest BCUT2D eigenvalue weighted by atomic mass is 10.0. The van der Waals surface area contributed by atoms with Gasteiger partial charge in [0.05, 0.1) is 13.7 Å². The van der Waals surface area contributed by atoms with E-state index >= 15 is 0 Å². The van der Waals surface area contributed by atoms with Crippen molar-refractivity contribution in [3.8, 4) is 17.2 Å². The highest BCUT2D eigenvalue weighted by Gasteiger charge is 2.21. The highest BCUT2D eigenvalue weighted by Crippen LogP contribution is 2.22. The quantitative estimate of drug-likeness (QED) is 0.865. The fourth-order valence-corrected chi connectivity index (χ4v) is 2.92. The van der Waals surface area contributed by atoms with Crippen LogP contribution in [-0.2, 0) is 11.3 Å². The molecule has 2 heterocycles. The first-order chi connectivity index (χ1) is 12.2. The molecule has 1 N–H and O–H groups in total. The molecule has 1 aliphatic rings. The zero-order valence-corrected chi connectivity index (χ0v) is 14.7. The number of aromatic nitrogens is 2. The largest absolute Gasteiger partial charge is 0.497 e. The summed E-state index contributed by atoms with van der Waals surface area (Å²) < 4.78 is 10.9. The van der Waals surface area contributed by atoms with E-state index < -0.39 is 0 Å². The van der Waals surface area contributed by atoms with Gasteiger partial charge in [-0.25, -0.2) is 0 Å². The van der Waals surface area contributed by atoms with E-state index in [4.69, 9.17) is 9.15 Å². The van der Waals surface area contributed by atoms with Gasteiger partial charge in [-0.3, -0.25) is 9.69 Å².